The van der Waals surface area contributed by atoms with E-state index in [1.165, 1.54) is 101 Å². The van der Waals surface area contributed by atoms with Crippen LogP contribution in [0.4, 0.5) is 0 Å². The average molecular weight is 697 g/mol. The van der Waals surface area contributed by atoms with Crippen molar-refractivity contribution >= 4 is 107 Å². The van der Waals surface area contributed by atoms with Gasteiger partial charge in [-0.1, -0.05) is 103 Å². The summed E-state index contributed by atoms with van der Waals surface area (Å²) in [6.07, 6.45) is 0. The molecule has 0 saturated carbocycles. The second kappa shape index (κ2) is 10.7. The summed E-state index contributed by atoms with van der Waals surface area (Å²) in [5.74, 6) is 0. The van der Waals surface area contributed by atoms with E-state index in [4.69, 9.17) is 0 Å². The van der Waals surface area contributed by atoms with Crippen LogP contribution in [0.15, 0.2) is 170 Å². The molecule has 0 spiro atoms. The zero-order valence-corrected chi connectivity index (χ0v) is 29.5. The topological polar surface area (TPSA) is 9.86 Å². The van der Waals surface area contributed by atoms with Gasteiger partial charge in [-0.05, 0) is 72.3 Å². The van der Waals surface area contributed by atoms with Gasteiger partial charge in [0.05, 0.1) is 27.8 Å². The molecular weight excluding hydrogens is 669 g/mol. The van der Waals surface area contributed by atoms with Crippen molar-refractivity contribution in [1.82, 2.24) is 9.13 Å². The van der Waals surface area contributed by atoms with Crippen molar-refractivity contribution in [3.8, 4) is 22.5 Å². The molecule has 0 bridgehead atoms. The molecule has 0 radical (unpaired) electrons. The molecule has 0 aliphatic carbocycles. The zero-order valence-electron chi connectivity index (χ0n) is 27.9. The molecule has 0 fully saturated rings. The van der Waals surface area contributed by atoms with Crippen molar-refractivity contribution in [3.63, 3.8) is 0 Å². The number of benzene rings is 8. The second-order valence-electron chi connectivity index (χ2n) is 13.6. The van der Waals surface area contributed by atoms with Crippen LogP contribution in [-0.2, 0) is 0 Å². The quantitative estimate of drug-likeness (QED) is 0.174. The summed E-state index contributed by atoms with van der Waals surface area (Å²) >= 11 is 3.76. The Kier molecular flexibility index (Phi) is 5.84. The normalized spacial score (nSPS) is 12.2. The first kappa shape index (κ1) is 28.5. The van der Waals surface area contributed by atoms with E-state index in [-0.39, 0.29) is 0 Å². The van der Waals surface area contributed by atoms with Crippen LogP contribution in [-0.4, -0.2) is 9.13 Å². The first-order chi connectivity index (χ1) is 25.8. The Labute approximate surface area is 306 Å². The van der Waals surface area contributed by atoms with Gasteiger partial charge in [0.15, 0.2) is 0 Å². The van der Waals surface area contributed by atoms with Gasteiger partial charge in [0.1, 0.15) is 0 Å². The Morgan fingerprint density at radius 3 is 1.50 bits per heavy atom. The van der Waals surface area contributed by atoms with Crippen LogP contribution in [0, 0.1) is 0 Å². The number of rotatable bonds is 3. The molecule has 2 nitrogen and oxygen atoms in total. The summed E-state index contributed by atoms with van der Waals surface area (Å²) < 4.78 is 10.3. The molecule has 0 saturated heterocycles. The highest BCUT2D eigenvalue weighted by molar-refractivity contribution is 7.26. The van der Waals surface area contributed by atoms with Crippen LogP contribution >= 0.6 is 22.7 Å². The lowest BCUT2D eigenvalue weighted by Crippen LogP contribution is -1.98. The van der Waals surface area contributed by atoms with Gasteiger partial charge in [-0.2, -0.15) is 0 Å². The molecular formula is C48H28N2S2. The standard InChI is InChI=1S/C48H28N2S2/c1-6-19-36(50-38-21-8-3-16-33(38)46-40(50)25-27-44-48(46)35-18-5-10-23-42(35)52-44)31(14-1)29-12-11-13-30(28-29)49-37-20-7-2-15-32(37)45-39(49)24-26-43-47(45)34-17-4-9-22-41(34)51-43/h1-28H. The molecule has 0 aliphatic rings. The van der Waals surface area contributed by atoms with Crippen LogP contribution in [0.3, 0.4) is 0 Å². The summed E-state index contributed by atoms with van der Waals surface area (Å²) in [7, 11) is 0. The fourth-order valence-electron chi connectivity index (χ4n) is 8.81. The lowest BCUT2D eigenvalue weighted by atomic mass is 10.0. The van der Waals surface area contributed by atoms with E-state index in [1.807, 2.05) is 22.7 Å². The van der Waals surface area contributed by atoms with Crippen molar-refractivity contribution in [2.45, 2.75) is 0 Å². The maximum atomic E-state index is 2.48. The van der Waals surface area contributed by atoms with Gasteiger partial charge >= 0.3 is 0 Å². The van der Waals surface area contributed by atoms with Gasteiger partial charge in [0, 0.05) is 73.1 Å². The van der Waals surface area contributed by atoms with Crippen molar-refractivity contribution in [1.29, 1.82) is 0 Å². The van der Waals surface area contributed by atoms with Gasteiger partial charge in [-0.25, -0.2) is 0 Å². The second-order valence-corrected chi connectivity index (χ2v) is 15.8. The Bertz CT molecular complexity index is 3420. The van der Waals surface area contributed by atoms with Crippen LogP contribution < -0.4 is 0 Å². The molecule has 52 heavy (non-hydrogen) atoms. The van der Waals surface area contributed by atoms with Gasteiger partial charge < -0.3 is 9.13 Å². The third-order valence-electron chi connectivity index (χ3n) is 10.9. The van der Waals surface area contributed by atoms with Gasteiger partial charge in [-0.15, -0.1) is 22.7 Å². The Balaban J connectivity index is 1.12. The third kappa shape index (κ3) is 3.83. The molecule has 4 aromatic heterocycles. The fourth-order valence-corrected chi connectivity index (χ4v) is 11.0. The van der Waals surface area contributed by atoms with Crippen molar-refractivity contribution in [3.05, 3.63) is 170 Å². The largest absolute Gasteiger partial charge is 0.309 e. The highest BCUT2D eigenvalue weighted by Crippen LogP contribution is 2.46. The highest BCUT2D eigenvalue weighted by atomic mass is 32.1. The summed E-state index contributed by atoms with van der Waals surface area (Å²) in [5.41, 5.74) is 9.64. The molecule has 4 heteroatoms. The molecule has 12 aromatic rings. The predicted octanol–water partition coefficient (Wildman–Crippen LogP) is 14.3. The molecule has 0 atom stereocenters. The van der Waals surface area contributed by atoms with Crippen molar-refractivity contribution < 1.29 is 0 Å². The molecule has 8 aromatic carbocycles. The van der Waals surface area contributed by atoms with E-state index in [9.17, 15) is 0 Å². The summed E-state index contributed by atoms with van der Waals surface area (Å²) in [6.45, 7) is 0. The maximum absolute atomic E-state index is 2.48. The van der Waals surface area contributed by atoms with Crippen molar-refractivity contribution in [2.75, 3.05) is 0 Å². The molecule has 12 rings (SSSR count). The van der Waals surface area contributed by atoms with Crippen LogP contribution in [0.2, 0.25) is 0 Å². The van der Waals surface area contributed by atoms with Gasteiger partial charge in [-0.3, -0.25) is 0 Å². The lowest BCUT2D eigenvalue weighted by molar-refractivity contribution is 1.17. The highest BCUT2D eigenvalue weighted by Gasteiger charge is 2.21. The fraction of sp³-hybridized carbons (Fsp3) is 0. The molecule has 0 amide bonds. The summed E-state index contributed by atoms with van der Waals surface area (Å²) in [4.78, 5) is 0. The molecule has 4 heterocycles. The van der Waals surface area contributed by atoms with Crippen LogP contribution in [0.25, 0.3) is 106 Å². The van der Waals surface area contributed by atoms with E-state index in [0.717, 1.165) is 5.69 Å². The average Bonchev–Trinajstić information content (AvgIpc) is 3.95. The van der Waals surface area contributed by atoms with Gasteiger partial charge in [0.2, 0.25) is 0 Å². The first-order valence-electron chi connectivity index (χ1n) is 17.7. The monoisotopic (exact) mass is 696 g/mol. The van der Waals surface area contributed by atoms with Crippen LogP contribution in [0.1, 0.15) is 0 Å². The summed E-state index contributed by atoms with van der Waals surface area (Å²) in [6, 6.07) is 62.7. The lowest BCUT2D eigenvalue weighted by Gasteiger charge is -2.15. The summed E-state index contributed by atoms with van der Waals surface area (Å²) in [5, 5.41) is 10.6. The SMILES string of the molecule is c1cc(-c2ccccc2-n2c3ccccc3c3c4c(ccc32)sc2ccccc24)cc(-n2c3ccccc3c3c4c(ccc32)sc2ccccc24)c1. The number of para-hydroxylation sites is 3. The predicted molar refractivity (Wildman–Crippen MR) is 226 cm³/mol. The molecule has 0 unspecified atom stereocenters. The van der Waals surface area contributed by atoms with E-state index < -0.39 is 0 Å². The van der Waals surface area contributed by atoms with E-state index in [0.29, 0.717) is 0 Å². The Morgan fingerprint density at radius 1 is 0.327 bits per heavy atom. The molecule has 242 valence electrons. The number of fused-ring (bicyclic) bond motifs is 14. The first-order valence-corrected chi connectivity index (χ1v) is 19.3. The third-order valence-corrected chi connectivity index (χ3v) is 13.2. The number of thiophene rings is 2. The Hall–Kier alpha value is -6.20. The van der Waals surface area contributed by atoms with Crippen molar-refractivity contribution in [2.24, 2.45) is 0 Å². The minimum Gasteiger partial charge on any atom is -0.309 e. The van der Waals surface area contributed by atoms with E-state index in [1.54, 1.807) is 0 Å². The Morgan fingerprint density at radius 2 is 0.846 bits per heavy atom. The molecule has 0 N–H and O–H groups in total. The zero-order chi connectivity index (χ0) is 33.9. The smallest absolute Gasteiger partial charge is 0.0548 e. The van der Waals surface area contributed by atoms with Crippen LogP contribution in [0.5, 0.6) is 0 Å². The van der Waals surface area contributed by atoms with Gasteiger partial charge in [0.25, 0.3) is 0 Å². The number of hydrogen-bond donors (Lipinski definition) is 0. The van der Waals surface area contributed by atoms with E-state index in [2.05, 4.69) is 179 Å². The van der Waals surface area contributed by atoms with E-state index >= 15 is 0 Å². The minimum atomic E-state index is 1.16. The maximum Gasteiger partial charge on any atom is 0.0548 e. The number of aromatic nitrogens is 2. The number of nitrogens with zero attached hydrogens (tertiary/aromatic N) is 2. The molecule has 0 aliphatic heterocycles. The minimum absolute atomic E-state index is 1.16. The number of hydrogen-bond acceptors (Lipinski definition) is 2.